The fourth-order valence-corrected chi connectivity index (χ4v) is 5.11. The van der Waals surface area contributed by atoms with Gasteiger partial charge in [-0.05, 0) is 63.4 Å². The van der Waals surface area contributed by atoms with Crippen molar-refractivity contribution in [2.24, 2.45) is 11.8 Å². The number of hydrogen-bond donors (Lipinski definition) is 0. The molecule has 1 aliphatic carbocycles. The number of pyridine rings is 1. The number of halogens is 1. The van der Waals surface area contributed by atoms with Crippen molar-refractivity contribution in [2.75, 3.05) is 20.1 Å². The number of aromatic nitrogens is 5. The number of likely N-dealkylation sites (tertiary alicyclic amines) is 1. The molecule has 29 heavy (non-hydrogen) atoms. The maximum absolute atomic E-state index is 14.9. The molecule has 6 nitrogen and oxygen atoms in total. The molecule has 3 atom stereocenters. The second kappa shape index (κ2) is 5.86. The molecule has 0 N–H and O–H groups in total. The molecule has 1 saturated carbocycles. The molecule has 1 aliphatic heterocycles. The van der Waals surface area contributed by atoms with Crippen molar-refractivity contribution < 1.29 is 4.39 Å². The van der Waals surface area contributed by atoms with Crippen LogP contribution in [0.5, 0.6) is 0 Å². The lowest BCUT2D eigenvalue weighted by molar-refractivity contribution is 0.265. The molecule has 0 radical (unpaired) electrons. The Morgan fingerprint density at radius 1 is 1.03 bits per heavy atom. The standard InChI is InChI=1S/C22H23FN6/c1-12-6-18(26-29-8-13(2)24-21(12)29)14-7-17(23)22-25-19(11-28(22)9-14)20-15-4-5-27(3)10-16(15)20/h6-9,11,15-16,20H,4-5,10H2,1-3H3/t15?,16?,20-/m1/s1. The molecule has 0 amide bonds. The zero-order chi connectivity index (χ0) is 19.9. The second-order valence-corrected chi connectivity index (χ2v) is 8.74. The number of fused-ring (bicyclic) bond motifs is 3. The smallest absolute Gasteiger partial charge is 0.173 e. The van der Waals surface area contributed by atoms with E-state index < -0.39 is 0 Å². The zero-order valence-corrected chi connectivity index (χ0v) is 16.8. The van der Waals surface area contributed by atoms with Gasteiger partial charge in [0, 0.05) is 30.4 Å². The topological polar surface area (TPSA) is 50.7 Å². The molecule has 0 spiro atoms. The molecular formula is C22H23FN6. The Kier molecular flexibility index (Phi) is 3.45. The Balaban J connectivity index is 1.42. The van der Waals surface area contributed by atoms with Crippen molar-refractivity contribution in [3.63, 3.8) is 0 Å². The summed E-state index contributed by atoms with van der Waals surface area (Å²) in [5, 5.41) is 4.64. The summed E-state index contributed by atoms with van der Waals surface area (Å²) in [5.74, 6) is 1.52. The van der Waals surface area contributed by atoms with Crippen LogP contribution in [0.2, 0.25) is 0 Å². The van der Waals surface area contributed by atoms with Crippen molar-refractivity contribution in [3.8, 4) is 11.3 Å². The molecule has 4 aromatic heterocycles. The molecular weight excluding hydrogens is 367 g/mol. The minimum Gasteiger partial charge on any atom is -0.306 e. The van der Waals surface area contributed by atoms with Gasteiger partial charge in [0.25, 0.3) is 0 Å². The van der Waals surface area contributed by atoms with E-state index in [4.69, 9.17) is 0 Å². The molecule has 0 bridgehead atoms. The van der Waals surface area contributed by atoms with Crippen LogP contribution >= 0.6 is 0 Å². The first-order valence-corrected chi connectivity index (χ1v) is 10.2. The van der Waals surface area contributed by atoms with Crippen molar-refractivity contribution in [2.45, 2.75) is 26.2 Å². The van der Waals surface area contributed by atoms with E-state index in [0.717, 1.165) is 46.9 Å². The minimum absolute atomic E-state index is 0.309. The van der Waals surface area contributed by atoms with Crippen molar-refractivity contribution in [1.29, 1.82) is 0 Å². The highest BCUT2D eigenvalue weighted by Crippen LogP contribution is 2.57. The Labute approximate surface area is 168 Å². The van der Waals surface area contributed by atoms with Crippen LogP contribution in [-0.2, 0) is 0 Å². The fourth-order valence-electron chi connectivity index (χ4n) is 5.11. The third kappa shape index (κ3) is 2.60. The summed E-state index contributed by atoms with van der Waals surface area (Å²) in [6.07, 6.45) is 7.05. The van der Waals surface area contributed by atoms with Gasteiger partial charge < -0.3 is 9.30 Å². The van der Waals surface area contributed by atoms with Gasteiger partial charge in [-0.25, -0.2) is 18.9 Å². The highest BCUT2D eigenvalue weighted by atomic mass is 19.1. The van der Waals surface area contributed by atoms with E-state index in [1.807, 2.05) is 42.9 Å². The van der Waals surface area contributed by atoms with Gasteiger partial charge in [-0.2, -0.15) is 5.10 Å². The lowest BCUT2D eigenvalue weighted by atomic mass is 10.1. The normalized spacial score (nSPS) is 24.3. The Morgan fingerprint density at radius 2 is 1.90 bits per heavy atom. The van der Waals surface area contributed by atoms with E-state index in [9.17, 15) is 4.39 Å². The van der Waals surface area contributed by atoms with Gasteiger partial charge in [0.05, 0.1) is 23.3 Å². The van der Waals surface area contributed by atoms with Gasteiger partial charge >= 0.3 is 0 Å². The lowest BCUT2D eigenvalue weighted by Gasteiger charge is -2.20. The van der Waals surface area contributed by atoms with Crippen LogP contribution in [0.1, 0.15) is 29.3 Å². The molecule has 6 rings (SSSR count). The quantitative estimate of drug-likeness (QED) is 0.526. The first-order chi connectivity index (χ1) is 14.0. The van der Waals surface area contributed by atoms with Gasteiger partial charge in [-0.15, -0.1) is 0 Å². The third-order valence-electron chi connectivity index (χ3n) is 6.59. The minimum atomic E-state index is -0.309. The summed E-state index contributed by atoms with van der Waals surface area (Å²) in [6, 6.07) is 3.50. The summed E-state index contributed by atoms with van der Waals surface area (Å²) in [5.41, 5.74) is 5.65. The average Bonchev–Trinajstić information content (AvgIpc) is 3.01. The third-order valence-corrected chi connectivity index (χ3v) is 6.59. The van der Waals surface area contributed by atoms with Gasteiger partial charge in [0.15, 0.2) is 17.1 Å². The van der Waals surface area contributed by atoms with E-state index in [1.54, 1.807) is 4.52 Å². The average molecular weight is 390 g/mol. The van der Waals surface area contributed by atoms with Crippen molar-refractivity contribution >= 4 is 11.3 Å². The van der Waals surface area contributed by atoms with Crippen LogP contribution in [0.15, 0.2) is 30.7 Å². The molecule has 2 unspecified atom stereocenters. The number of piperidine rings is 1. The van der Waals surface area contributed by atoms with E-state index in [0.29, 0.717) is 23.4 Å². The van der Waals surface area contributed by atoms with Gasteiger partial charge in [-0.3, -0.25) is 0 Å². The molecule has 0 aromatic carbocycles. The summed E-state index contributed by atoms with van der Waals surface area (Å²) >= 11 is 0. The maximum atomic E-state index is 14.9. The van der Waals surface area contributed by atoms with Crippen LogP contribution in [0.3, 0.4) is 0 Å². The molecule has 7 heteroatoms. The largest absolute Gasteiger partial charge is 0.306 e. The molecule has 4 aromatic rings. The van der Waals surface area contributed by atoms with E-state index in [2.05, 4.69) is 27.0 Å². The molecule has 5 heterocycles. The molecule has 1 saturated heterocycles. The second-order valence-electron chi connectivity index (χ2n) is 8.74. The van der Waals surface area contributed by atoms with Crippen LogP contribution in [0.4, 0.5) is 4.39 Å². The predicted octanol–water partition coefficient (Wildman–Crippen LogP) is 3.47. The number of hydrogen-bond acceptors (Lipinski definition) is 4. The Morgan fingerprint density at radius 3 is 2.72 bits per heavy atom. The van der Waals surface area contributed by atoms with Gasteiger partial charge in [0.2, 0.25) is 0 Å². The zero-order valence-electron chi connectivity index (χ0n) is 16.8. The molecule has 2 fully saturated rings. The SMILES string of the molecule is Cc1cn2nc(-c3cc(F)c4nc([C@@H]5C6CCN(C)CC65)cn4c3)cc(C)c2n1. The van der Waals surface area contributed by atoms with Crippen LogP contribution in [0.25, 0.3) is 22.6 Å². The Hall–Kier alpha value is -2.80. The predicted molar refractivity (Wildman–Crippen MR) is 108 cm³/mol. The van der Waals surface area contributed by atoms with Gasteiger partial charge in [0.1, 0.15) is 0 Å². The summed E-state index contributed by atoms with van der Waals surface area (Å²) in [6.45, 7) is 6.21. The first-order valence-electron chi connectivity index (χ1n) is 10.2. The summed E-state index contributed by atoms with van der Waals surface area (Å²) < 4.78 is 18.5. The highest BCUT2D eigenvalue weighted by Gasteiger charge is 2.53. The highest BCUT2D eigenvalue weighted by molar-refractivity contribution is 5.64. The number of imidazole rings is 2. The number of aryl methyl sites for hydroxylation is 2. The van der Waals surface area contributed by atoms with Crippen LogP contribution in [-0.4, -0.2) is 49.0 Å². The molecule has 2 aliphatic rings. The summed E-state index contributed by atoms with van der Waals surface area (Å²) in [7, 11) is 2.18. The Bertz CT molecular complexity index is 1270. The van der Waals surface area contributed by atoms with Crippen LogP contribution in [0, 0.1) is 31.5 Å². The van der Waals surface area contributed by atoms with Crippen LogP contribution < -0.4 is 0 Å². The number of rotatable bonds is 2. The maximum Gasteiger partial charge on any atom is 0.173 e. The lowest BCUT2D eigenvalue weighted by Crippen LogP contribution is -2.26. The first kappa shape index (κ1) is 17.1. The fraction of sp³-hybridized carbons (Fsp3) is 0.409. The van der Waals surface area contributed by atoms with Crippen molar-refractivity contribution in [1.82, 2.24) is 28.9 Å². The van der Waals surface area contributed by atoms with E-state index in [-0.39, 0.29) is 5.82 Å². The molecule has 148 valence electrons. The monoisotopic (exact) mass is 390 g/mol. The van der Waals surface area contributed by atoms with E-state index >= 15 is 0 Å². The summed E-state index contributed by atoms with van der Waals surface area (Å²) in [4.78, 5) is 11.5. The van der Waals surface area contributed by atoms with Gasteiger partial charge in [-0.1, -0.05) is 0 Å². The number of nitrogens with zero attached hydrogens (tertiary/aromatic N) is 6. The van der Waals surface area contributed by atoms with Crippen molar-refractivity contribution in [3.05, 3.63) is 53.5 Å². The van der Waals surface area contributed by atoms with E-state index in [1.165, 1.54) is 12.5 Å².